The van der Waals surface area contributed by atoms with Gasteiger partial charge in [0.25, 0.3) is 5.56 Å². The van der Waals surface area contributed by atoms with Gasteiger partial charge in [0, 0.05) is 17.1 Å². The summed E-state index contributed by atoms with van der Waals surface area (Å²) in [5.41, 5.74) is 0.789. The summed E-state index contributed by atoms with van der Waals surface area (Å²) < 4.78 is 6.55. The van der Waals surface area contributed by atoms with Crippen molar-refractivity contribution in [3.8, 4) is 0 Å². The number of ketones is 1. The fraction of sp³-hybridized carbons (Fsp3) is 0.200. The van der Waals surface area contributed by atoms with E-state index in [1.54, 1.807) is 48.5 Å². The molecule has 0 aliphatic carbocycles. The van der Waals surface area contributed by atoms with Crippen LogP contribution in [0.3, 0.4) is 0 Å². The highest BCUT2D eigenvalue weighted by Gasteiger charge is 2.19. The highest BCUT2D eigenvalue weighted by molar-refractivity contribution is 6.30. The first kappa shape index (κ1) is 18.8. The van der Waals surface area contributed by atoms with Gasteiger partial charge in [0.2, 0.25) is 5.78 Å². The number of hydrogen-bond donors (Lipinski definition) is 0. The predicted octanol–water partition coefficient (Wildman–Crippen LogP) is 3.25. The van der Waals surface area contributed by atoms with Gasteiger partial charge in [-0.2, -0.15) is 0 Å². The number of rotatable bonds is 6. The Morgan fingerprint density at radius 3 is 2.59 bits per heavy atom. The third-order valence-electron chi connectivity index (χ3n) is 4.09. The molecule has 0 radical (unpaired) electrons. The van der Waals surface area contributed by atoms with Crippen LogP contribution in [0.25, 0.3) is 10.9 Å². The molecular formula is C20H17ClN2O4. The van der Waals surface area contributed by atoms with Crippen molar-refractivity contribution in [2.75, 3.05) is 0 Å². The van der Waals surface area contributed by atoms with Crippen LogP contribution in [0.2, 0.25) is 5.02 Å². The molecule has 3 rings (SSSR count). The molecule has 1 aromatic heterocycles. The van der Waals surface area contributed by atoms with Gasteiger partial charge < -0.3 is 4.74 Å². The van der Waals surface area contributed by atoms with Crippen LogP contribution in [0.15, 0.2) is 59.7 Å². The highest BCUT2D eigenvalue weighted by Crippen LogP contribution is 2.13. The monoisotopic (exact) mass is 384 g/mol. The zero-order valence-electron chi connectivity index (χ0n) is 14.6. The van der Waals surface area contributed by atoms with E-state index >= 15 is 0 Å². The van der Waals surface area contributed by atoms with Crippen LogP contribution in [-0.4, -0.2) is 27.4 Å². The first-order valence-electron chi connectivity index (χ1n) is 8.39. The number of hydrogen-bond acceptors (Lipinski definition) is 5. The molecule has 3 aromatic rings. The van der Waals surface area contributed by atoms with Crippen molar-refractivity contribution in [3.05, 3.63) is 75.8 Å². The van der Waals surface area contributed by atoms with Gasteiger partial charge in [0.05, 0.1) is 23.7 Å². The highest BCUT2D eigenvalue weighted by atomic mass is 35.5. The smallest absolute Gasteiger partial charge is 0.308 e. The van der Waals surface area contributed by atoms with Gasteiger partial charge in [-0.15, -0.1) is 0 Å². The van der Waals surface area contributed by atoms with Crippen molar-refractivity contribution in [1.29, 1.82) is 0 Å². The molecule has 6 nitrogen and oxygen atoms in total. The first-order valence-corrected chi connectivity index (χ1v) is 8.77. The molecule has 138 valence electrons. The van der Waals surface area contributed by atoms with Gasteiger partial charge in [-0.05, 0) is 43.3 Å². The summed E-state index contributed by atoms with van der Waals surface area (Å²) in [6.45, 7) is 1.63. The van der Waals surface area contributed by atoms with E-state index in [9.17, 15) is 14.4 Å². The fourth-order valence-electron chi connectivity index (χ4n) is 2.64. The second-order valence-corrected chi connectivity index (χ2v) is 6.45. The van der Waals surface area contributed by atoms with E-state index < -0.39 is 12.1 Å². The number of halogens is 1. The molecule has 0 aliphatic heterocycles. The topological polar surface area (TPSA) is 78.3 Å². The molecule has 1 atom stereocenters. The van der Waals surface area contributed by atoms with E-state index in [0.717, 1.165) is 0 Å². The molecule has 1 unspecified atom stereocenters. The third kappa shape index (κ3) is 4.41. The normalized spacial score (nSPS) is 11.9. The van der Waals surface area contributed by atoms with Crippen LogP contribution < -0.4 is 5.56 Å². The van der Waals surface area contributed by atoms with Crippen molar-refractivity contribution in [2.24, 2.45) is 0 Å². The largest absolute Gasteiger partial charge is 0.454 e. The summed E-state index contributed by atoms with van der Waals surface area (Å²) in [4.78, 5) is 40.9. The van der Waals surface area contributed by atoms with Crippen LogP contribution >= 0.6 is 11.6 Å². The zero-order valence-corrected chi connectivity index (χ0v) is 15.3. The molecule has 0 bridgehead atoms. The molecule has 0 fully saturated rings. The van der Waals surface area contributed by atoms with E-state index in [1.165, 1.54) is 17.8 Å². The minimum Gasteiger partial charge on any atom is -0.454 e. The Morgan fingerprint density at radius 1 is 1.15 bits per heavy atom. The lowest BCUT2D eigenvalue weighted by Crippen LogP contribution is -2.26. The summed E-state index contributed by atoms with van der Waals surface area (Å²) >= 11 is 5.80. The average Bonchev–Trinajstić information content (AvgIpc) is 2.67. The molecule has 7 heteroatoms. The maximum Gasteiger partial charge on any atom is 0.308 e. The van der Waals surface area contributed by atoms with Gasteiger partial charge in [0.1, 0.15) is 0 Å². The molecule has 0 N–H and O–H groups in total. The summed E-state index contributed by atoms with van der Waals surface area (Å²) in [7, 11) is 0. The van der Waals surface area contributed by atoms with E-state index in [0.29, 0.717) is 21.5 Å². The molecular weight excluding hydrogens is 368 g/mol. The van der Waals surface area contributed by atoms with E-state index in [4.69, 9.17) is 16.3 Å². The summed E-state index contributed by atoms with van der Waals surface area (Å²) in [5.74, 6) is -0.880. The molecule has 0 amide bonds. The number of esters is 1. The second kappa shape index (κ2) is 8.14. The van der Waals surface area contributed by atoms with Gasteiger partial charge >= 0.3 is 5.97 Å². The standard InChI is InChI=1S/C20H17ClN2O4/c1-13(19(25)14-6-8-15(21)9-7-14)27-18(24)10-11-23-12-22-17-5-3-2-4-16(17)20(23)26/h2-9,12-13H,10-11H2,1H3. The number of para-hydroxylation sites is 1. The Balaban J connectivity index is 1.61. The van der Waals surface area contributed by atoms with Crippen LogP contribution in [0.5, 0.6) is 0 Å². The number of nitrogens with zero attached hydrogens (tertiary/aromatic N) is 2. The zero-order chi connectivity index (χ0) is 19.4. The van der Waals surface area contributed by atoms with Crippen LogP contribution in [0.4, 0.5) is 0 Å². The van der Waals surface area contributed by atoms with Gasteiger partial charge in [-0.3, -0.25) is 19.0 Å². The minimum absolute atomic E-state index is 0.0435. The van der Waals surface area contributed by atoms with Crippen molar-refractivity contribution >= 4 is 34.3 Å². The number of benzene rings is 2. The maximum atomic E-state index is 12.4. The van der Waals surface area contributed by atoms with Gasteiger partial charge in [-0.1, -0.05) is 23.7 Å². The number of aromatic nitrogens is 2. The Kier molecular flexibility index (Phi) is 5.66. The van der Waals surface area contributed by atoms with Crippen molar-refractivity contribution in [2.45, 2.75) is 26.0 Å². The Bertz CT molecular complexity index is 1040. The lowest BCUT2D eigenvalue weighted by molar-refractivity contribution is -0.146. The van der Waals surface area contributed by atoms with E-state index in [-0.39, 0.29) is 24.3 Å². The van der Waals surface area contributed by atoms with E-state index in [2.05, 4.69) is 4.98 Å². The Hall–Kier alpha value is -2.99. The van der Waals surface area contributed by atoms with Crippen molar-refractivity contribution in [3.63, 3.8) is 0 Å². The Morgan fingerprint density at radius 2 is 1.85 bits per heavy atom. The minimum atomic E-state index is -0.926. The third-order valence-corrected chi connectivity index (χ3v) is 4.35. The SMILES string of the molecule is CC(OC(=O)CCn1cnc2ccccc2c1=O)C(=O)c1ccc(Cl)cc1. The number of carbonyl (C=O) groups is 2. The molecule has 0 spiro atoms. The summed E-state index contributed by atoms with van der Waals surface area (Å²) in [6, 6.07) is 13.4. The van der Waals surface area contributed by atoms with Crippen molar-refractivity contribution < 1.29 is 14.3 Å². The van der Waals surface area contributed by atoms with Gasteiger partial charge in [0.15, 0.2) is 6.10 Å². The van der Waals surface area contributed by atoms with Crippen LogP contribution in [0, 0.1) is 0 Å². The number of aryl methyl sites for hydroxylation is 1. The lowest BCUT2D eigenvalue weighted by atomic mass is 10.1. The fourth-order valence-corrected chi connectivity index (χ4v) is 2.76. The van der Waals surface area contributed by atoms with Gasteiger partial charge in [-0.25, -0.2) is 4.98 Å². The second-order valence-electron chi connectivity index (χ2n) is 6.01. The number of ether oxygens (including phenoxy) is 1. The number of carbonyl (C=O) groups excluding carboxylic acids is 2. The molecule has 0 saturated heterocycles. The van der Waals surface area contributed by atoms with Crippen LogP contribution in [0.1, 0.15) is 23.7 Å². The quantitative estimate of drug-likeness (QED) is 0.481. The van der Waals surface area contributed by atoms with Crippen molar-refractivity contribution in [1.82, 2.24) is 9.55 Å². The number of Topliss-reactive ketones (excluding diaryl/α,β-unsaturated/α-hetero) is 1. The molecule has 0 saturated carbocycles. The lowest BCUT2D eigenvalue weighted by Gasteiger charge is -2.13. The predicted molar refractivity (Wildman–Crippen MR) is 102 cm³/mol. The summed E-state index contributed by atoms with van der Waals surface area (Å²) in [6.07, 6.45) is 0.434. The first-order chi connectivity index (χ1) is 13.0. The van der Waals surface area contributed by atoms with Crippen LogP contribution in [-0.2, 0) is 16.1 Å². The molecule has 1 heterocycles. The maximum absolute atomic E-state index is 12.4. The van der Waals surface area contributed by atoms with E-state index in [1.807, 2.05) is 0 Å². The average molecular weight is 385 g/mol. The molecule has 27 heavy (non-hydrogen) atoms. The number of fused-ring (bicyclic) bond motifs is 1. The Labute approximate surface area is 160 Å². The molecule has 0 aliphatic rings. The molecule has 2 aromatic carbocycles. The summed E-state index contributed by atoms with van der Waals surface area (Å²) in [5, 5.41) is 1.00.